The smallest absolute Gasteiger partial charge is 0.263 e. The first kappa shape index (κ1) is 22.6. The Kier molecular flexibility index (Phi) is 6.11. The molecular weight excluding hydrogens is 433 g/mol. The van der Waals surface area contributed by atoms with Gasteiger partial charge in [0.15, 0.2) is 0 Å². The van der Waals surface area contributed by atoms with Crippen molar-refractivity contribution < 1.29 is 18.8 Å². The number of anilines is 1. The van der Waals surface area contributed by atoms with E-state index in [1.54, 1.807) is 24.3 Å². The molecule has 0 spiro atoms. The first-order valence-corrected chi connectivity index (χ1v) is 12.2. The molecular formula is C27H30FN3O3. The fourth-order valence-electron chi connectivity index (χ4n) is 5.59. The van der Waals surface area contributed by atoms with Gasteiger partial charge in [-0.25, -0.2) is 4.39 Å². The minimum atomic E-state index is -0.401. The minimum Gasteiger partial charge on any atom is -0.370 e. The zero-order valence-corrected chi connectivity index (χ0v) is 19.5. The number of imide groups is 1. The predicted octanol–water partition coefficient (Wildman–Crippen LogP) is 4.10. The van der Waals surface area contributed by atoms with Crippen molar-refractivity contribution in [3.8, 4) is 0 Å². The molecule has 3 amide bonds. The highest BCUT2D eigenvalue weighted by molar-refractivity contribution is 6.23. The molecule has 2 aromatic carbocycles. The summed E-state index contributed by atoms with van der Waals surface area (Å²) in [6, 6.07) is 11.3. The lowest BCUT2D eigenvalue weighted by molar-refractivity contribution is -0.137. The lowest BCUT2D eigenvalue weighted by Gasteiger charge is -2.38. The lowest BCUT2D eigenvalue weighted by atomic mass is 9.93. The van der Waals surface area contributed by atoms with Crippen LogP contribution in [-0.2, 0) is 11.3 Å². The number of rotatable bonds is 4. The van der Waals surface area contributed by atoms with Crippen LogP contribution < -0.4 is 4.90 Å². The number of carbonyl (C=O) groups is 3. The third kappa shape index (κ3) is 4.19. The van der Waals surface area contributed by atoms with Crippen molar-refractivity contribution in [1.29, 1.82) is 0 Å². The summed E-state index contributed by atoms with van der Waals surface area (Å²) in [5, 5.41) is 0. The average Bonchev–Trinajstić information content (AvgIpc) is 3.08. The summed E-state index contributed by atoms with van der Waals surface area (Å²) in [4.78, 5) is 45.0. The van der Waals surface area contributed by atoms with Crippen molar-refractivity contribution in [3.05, 3.63) is 65.0 Å². The molecule has 0 saturated carbocycles. The summed E-state index contributed by atoms with van der Waals surface area (Å²) in [5.41, 5.74) is 2.04. The number of amides is 3. The van der Waals surface area contributed by atoms with E-state index < -0.39 is 5.82 Å². The number of hydrogen-bond donors (Lipinski definition) is 0. The number of benzene rings is 2. The molecule has 0 N–H and O–H groups in total. The highest BCUT2D eigenvalue weighted by Gasteiger charge is 2.40. The SMILES string of the molecule is C[C@@H]1CCCN(C(=O)[C@H]2CCCN(c3cccc4c3C(=O)N(Cc3cccc(F)c3)C4=O)C2)C1. The number of halogens is 1. The van der Waals surface area contributed by atoms with E-state index >= 15 is 0 Å². The molecule has 2 saturated heterocycles. The Balaban J connectivity index is 1.37. The molecule has 3 heterocycles. The molecule has 2 atom stereocenters. The largest absolute Gasteiger partial charge is 0.370 e. The van der Waals surface area contributed by atoms with Crippen LogP contribution >= 0.6 is 0 Å². The average molecular weight is 464 g/mol. The van der Waals surface area contributed by atoms with E-state index in [0.717, 1.165) is 38.9 Å². The molecule has 5 rings (SSSR count). The molecule has 3 aliphatic heterocycles. The molecule has 0 radical (unpaired) electrons. The maximum absolute atomic E-state index is 13.6. The second-order valence-electron chi connectivity index (χ2n) is 9.84. The molecule has 2 aromatic rings. The molecule has 0 bridgehead atoms. The number of piperidine rings is 2. The van der Waals surface area contributed by atoms with Crippen molar-refractivity contribution in [3.63, 3.8) is 0 Å². The second kappa shape index (κ2) is 9.20. The highest BCUT2D eigenvalue weighted by atomic mass is 19.1. The fourth-order valence-corrected chi connectivity index (χ4v) is 5.59. The normalized spacial score (nSPS) is 22.8. The maximum Gasteiger partial charge on any atom is 0.263 e. The quantitative estimate of drug-likeness (QED) is 0.641. The standard InChI is InChI=1S/C27H30FN3O3/c1-18-6-4-13-30(15-18)25(32)20-8-5-12-29(17-20)23-11-3-10-22-24(23)27(34)31(26(22)33)16-19-7-2-9-21(28)14-19/h2-3,7,9-11,14,18,20H,4-6,8,12-13,15-17H2,1H3/t18-,20+/m1/s1. The predicted molar refractivity (Wildman–Crippen MR) is 127 cm³/mol. The molecule has 3 aliphatic rings. The van der Waals surface area contributed by atoms with Crippen LogP contribution in [0, 0.1) is 17.7 Å². The van der Waals surface area contributed by atoms with Gasteiger partial charge in [0.05, 0.1) is 29.3 Å². The molecule has 2 fully saturated rings. The molecule has 0 unspecified atom stereocenters. The van der Waals surface area contributed by atoms with Gasteiger partial charge >= 0.3 is 0 Å². The third-order valence-corrected chi connectivity index (χ3v) is 7.29. The van der Waals surface area contributed by atoms with Gasteiger partial charge in [0.25, 0.3) is 11.8 Å². The van der Waals surface area contributed by atoms with E-state index in [0.29, 0.717) is 34.8 Å². The van der Waals surface area contributed by atoms with Gasteiger partial charge in [-0.3, -0.25) is 19.3 Å². The minimum absolute atomic E-state index is 0.0256. The van der Waals surface area contributed by atoms with Crippen molar-refractivity contribution in [1.82, 2.24) is 9.80 Å². The summed E-state index contributed by atoms with van der Waals surface area (Å²) < 4.78 is 13.6. The Morgan fingerprint density at radius 3 is 2.59 bits per heavy atom. The Bertz CT molecular complexity index is 1130. The van der Waals surface area contributed by atoms with Gasteiger partial charge < -0.3 is 9.80 Å². The Hall–Kier alpha value is -3.22. The van der Waals surface area contributed by atoms with Crippen LogP contribution in [-0.4, -0.2) is 53.7 Å². The van der Waals surface area contributed by atoms with Gasteiger partial charge in [-0.2, -0.15) is 0 Å². The fraction of sp³-hybridized carbons (Fsp3) is 0.444. The van der Waals surface area contributed by atoms with Crippen LogP contribution in [0.15, 0.2) is 42.5 Å². The molecule has 34 heavy (non-hydrogen) atoms. The summed E-state index contributed by atoms with van der Waals surface area (Å²) in [7, 11) is 0. The second-order valence-corrected chi connectivity index (χ2v) is 9.84. The van der Waals surface area contributed by atoms with Gasteiger partial charge in [0.1, 0.15) is 5.82 Å². The van der Waals surface area contributed by atoms with Crippen LogP contribution in [0.1, 0.15) is 58.9 Å². The number of fused-ring (bicyclic) bond motifs is 1. The Labute approximate surface area is 199 Å². The van der Waals surface area contributed by atoms with E-state index in [4.69, 9.17) is 0 Å². The zero-order valence-electron chi connectivity index (χ0n) is 19.5. The van der Waals surface area contributed by atoms with E-state index in [9.17, 15) is 18.8 Å². The van der Waals surface area contributed by atoms with Gasteiger partial charge in [-0.05, 0) is 61.4 Å². The molecule has 178 valence electrons. The first-order valence-electron chi connectivity index (χ1n) is 12.2. The molecule has 0 aliphatic carbocycles. The van der Waals surface area contributed by atoms with Crippen molar-refractivity contribution >= 4 is 23.4 Å². The maximum atomic E-state index is 13.6. The topological polar surface area (TPSA) is 60.9 Å². The molecule has 0 aromatic heterocycles. The van der Waals surface area contributed by atoms with Crippen LogP contribution in [0.5, 0.6) is 0 Å². The van der Waals surface area contributed by atoms with E-state index in [1.165, 1.54) is 23.5 Å². The van der Waals surface area contributed by atoms with Crippen LogP contribution in [0.25, 0.3) is 0 Å². The highest BCUT2D eigenvalue weighted by Crippen LogP contribution is 2.35. The lowest BCUT2D eigenvalue weighted by Crippen LogP contribution is -2.48. The van der Waals surface area contributed by atoms with Crippen LogP contribution in [0.3, 0.4) is 0 Å². The summed E-state index contributed by atoms with van der Waals surface area (Å²) >= 11 is 0. The molecule has 6 nitrogen and oxygen atoms in total. The van der Waals surface area contributed by atoms with Gasteiger partial charge in [-0.15, -0.1) is 0 Å². The van der Waals surface area contributed by atoms with Gasteiger partial charge in [0, 0.05) is 26.2 Å². The van der Waals surface area contributed by atoms with Crippen molar-refractivity contribution in [2.24, 2.45) is 11.8 Å². The summed E-state index contributed by atoms with van der Waals surface area (Å²) in [5.74, 6) is -0.495. The monoisotopic (exact) mass is 463 g/mol. The first-order chi connectivity index (χ1) is 16.4. The number of likely N-dealkylation sites (tertiary alicyclic amines) is 1. The third-order valence-electron chi connectivity index (χ3n) is 7.29. The summed E-state index contributed by atoms with van der Waals surface area (Å²) in [6.45, 7) is 5.14. The van der Waals surface area contributed by atoms with Crippen molar-refractivity contribution in [2.45, 2.75) is 39.2 Å². The number of nitrogens with zero attached hydrogens (tertiary/aromatic N) is 3. The molecule has 7 heteroatoms. The van der Waals surface area contributed by atoms with Gasteiger partial charge in [0.2, 0.25) is 5.91 Å². The Morgan fingerprint density at radius 1 is 1.00 bits per heavy atom. The van der Waals surface area contributed by atoms with E-state index in [-0.39, 0.29) is 30.2 Å². The van der Waals surface area contributed by atoms with Crippen molar-refractivity contribution in [2.75, 3.05) is 31.1 Å². The van der Waals surface area contributed by atoms with Gasteiger partial charge in [-0.1, -0.05) is 25.1 Å². The summed E-state index contributed by atoms with van der Waals surface area (Å²) in [6.07, 6.45) is 3.92. The van der Waals surface area contributed by atoms with Crippen LogP contribution in [0.4, 0.5) is 10.1 Å². The number of carbonyl (C=O) groups excluding carboxylic acids is 3. The zero-order chi connectivity index (χ0) is 23.8. The number of hydrogen-bond acceptors (Lipinski definition) is 4. The Morgan fingerprint density at radius 2 is 1.79 bits per heavy atom. The van der Waals surface area contributed by atoms with Crippen LogP contribution in [0.2, 0.25) is 0 Å². The van der Waals surface area contributed by atoms with E-state index in [1.807, 2.05) is 11.0 Å². The van der Waals surface area contributed by atoms with E-state index in [2.05, 4.69) is 11.8 Å².